The molecule has 2 amide bonds. The summed E-state index contributed by atoms with van der Waals surface area (Å²) in [6.07, 6.45) is 3.58. The van der Waals surface area contributed by atoms with Crippen LogP contribution in [0.2, 0.25) is 0 Å². The molecule has 0 aromatic heterocycles. The van der Waals surface area contributed by atoms with Gasteiger partial charge in [0.1, 0.15) is 5.41 Å². The van der Waals surface area contributed by atoms with Crippen molar-refractivity contribution < 1.29 is 9.59 Å². The van der Waals surface area contributed by atoms with Gasteiger partial charge in [-0.1, -0.05) is 26.3 Å². The van der Waals surface area contributed by atoms with Crippen LogP contribution in [0, 0.1) is 11.3 Å². The number of hydrogen-bond donors (Lipinski definition) is 1. The molecule has 0 bridgehead atoms. The fourth-order valence-electron chi connectivity index (χ4n) is 2.25. The Morgan fingerprint density at radius 2 is 2.24 bits per heavy atom. The minimum atomic E-state index is -1.12. The Morgan fingerprint density at radius 1 is 1.59 bits per heavy atom. The van der Waals surface area contributed by atoms with Crippen molar-refractivity contribution in [1.29, 1.82) is 0 Å². The highest BCUT2D eigenvalue weighted by molar-refractivity contribution is 7.77. The van der Waals surface area contributed by atoms with E-state index in [2.05, 4.69) is 16.9 Å². The van der Waals surface area contributed by atoms with Gasteiger partial charge in [0.25, 0.3) is 5.91 Å². The number of nitrogens with one attached hydrogen (secondary N) is 1. The van der Waals surface area contributed by atoms with Crippen LogP contribution in [0.3, 0.4) is 0 Å². The van der Waals surface area contributed by atoms with Gasteiger partial charge in [0.2, 0.25) is 5.91 Å². The van der Waals surface area contributed by atoms with E-state index in [9.17, 15) is 9.59 Å². The zero-order valence-corrected chi connectivity index (χ0v) is 11.0. The van der Waals surface area contributed by atoms with Crippen molar-refractivity contribution in [1.82, 2.24) is 5.32 Å². The summed E-state index contributed by atoms with van der Waals surface area (Å²) in [6, 6.07) is 0. The van der Waals surface area contributed by atoms with Crippen LogP contribution in [0.1, 0.15) is 33.1 Å². The van der Waals surface area contributed by atoms with Gasteiger partial charge >= 0.3 is 0 Å². The number of aliphatic imine (C=N–C) groups is 1. The third-order valence-electron chi connectivity index (χ3n) is 3.24. The molecule has 0 radical (unpaired) electrons. The van der Waals surface area contributed by atoms with Gasteiger partial charge in [-0.05, 0) is 23.9 Å². The van der Waals surface area contributed by atoms with Crippen LogP contribution in [-0.4, -0.2) is 17.0 Å². The summed E-state index contributed by atoms with van der Waals surface area (Å²) in [7, 11) is 0. The van der Waals surface area contributed by atoms with Crippen molar-refractivity contribution in [2.24, 2.45) is 16.3 Å². The maximum absolute atomic E-state index is 12.1. The fourth-order valence-corrected chi connectivity index (χ4v) is 2.42. The summed E-state index contributed by atoms with van der Waals surface area (Å²) in [5, 5.41) is 2.44. The number of allylic oxidation sites excluding steroid dienone is 1. The normalized spacial score (nSPS) is 26.1. The summed E-state index contributed by atoms with van der Waals surface area (Å²) >= 11 is 4.75. The first-order valence-electron chi connectivity index (χ1n) is 5.71. The van der Waals surface area contributed by atoms with Gasteiger partial charge in [0, 0.05) is 0 Å². The number of hydrogen-bond acceptors (Lipinski definition) is 3. The topological polar surface area (TPSA) is 58.5 Å². The Hall–Kier alpha value is -1.23. The number of nitrogens with zero attached hydrogens (tertiary/aromatic N) is 1. The van der Waals surface area contributed by atoms with Gasteiger partial charge in [-0.25, -0.2) is 4.99 Å². The molecule has 94 valence electrons. The summed E-state index contributed by atoms with van der Waals surface area (Å²) in [5.41, 5.74) is -1.12. The molecule has 0 saturated heterocycles. The van der Waals surface area contributed by atoms with Crippen LogP contribution < -0.4 is 5.32 Å². The molecule has 0 aromatic carbocycles. The number of amidine groups is 1. The first-order chi connectivity index (χ1) is 7.98. The molecule has 1 rings (SSSR count). The molecule has 4 nitrogen and oxygen atoms in total. The summed E-state index contributed by atoms with van der Waals surface area (Å²) in [6.45, 7) is 7.54. The average Bonchev–Trinajstić information content (AvgIpc) is 2.23. The fraction of sp³-hybridized carbons (Fsp3) is 0.583. The van der Waals surface area contributed by atoms with Crippen LogP contribution in [0.4, 0.5) is 0 Å². The molecule has 1 N–H and O–H groups in total. The van der Waals surface area contributed by atoms with E-state index in [0.29, 0.717) is 6.42 Å². The minimum Gasteiger partial charge on any atom is -0.742 e. The number of rotatable bonds is 5. The number of carbonyl (C=O) groups excluding carboxylic acids is 2. The van der Waals surface area contributed by atoms with E-state index in [1.165, 1.54) is 0 Å². The molecule has 2 atom stereocenters. The first-order valence-corrected chi connectivity index (χ1v) is 6.12. The third kappa shape index (κ3) is 2.39. The molecule has 17 heavy (non-hydrogen) atoms. The van der Waals surface area contributed by atoms with E-state index < -0.39 is 11.3 Å². The molecule has 1 heterocycles. The minimum absolute atomic E-state index is 0.0385. The molecule has 0 aliphatic carbocycles. The summed E-state index contributed by atoms with van der Waals surface area (Å²) in [5.74, 6) is -0.861. The Balaban J connectivity index is 3.18. The monoisotopic (exact) mass is 253 g/mol. The molecule has 2 unspecified atom stereocenters. The molecular formula is C12H17N2O2S-. The molecule has 0 aromatic rings. The van der Waals surface area contributed by atoms with Crippen molar-refractivity contribution in [3.05, 3.63) is 12.7 Å². The van der Waals surface area contributed by atoms with Gasteiger partial charge in [-0.3, -0.25) is 9.59 Å². The van der Waals surface area contributed by atoms with Gasteiger partial charge in [-0.15, -0.1) is 6.58 Å². The number of carbonyl (C=O) groups is 2. The van der Waals surface area contributed by atoms with Crippen molar-refractivity contribution in [3.8, 4) is 0 Å². The first kappa shape index (κ1) is 13.8. The van der Waals surface area contributed by atoms with Crippen molar-refractivity contribution in [3.63, 3.8) is 0 Å². The molecule has 1 aliphatic rings. The lowest BCUT2D eigenvalue weighted by atomic mass is 9.70. The molecule has 1 aliphatic heterocycles. The predicted octanol–water partition coefficient (Wildman–Crippen LogP) is 1.54. The lowest BCUT2D eigenvalue weighted by Crippen LogP contribution is -2.55. The van der Waals surface area contributed by atoms with Gasteiger partial charge in [0.05, 0.1) is 0 Å². The van der Waals surface area contributed by atoms with E-state index in [4.69, 9.17) is 12.6 Å². The standard InChI is InChI=1S/C12H18N2O2S/c1-4-6-8(3)12(7-5-2)9(15)13-11(17)14-10(12)16/h5,8H,2,4,6-7H2,1,3H3,(H2,13,14,15,16,17)/p-1. The molecule has 5 heteroatoms. The van der Waals surface area contributed by atoms with Crippen LogP contribution in [-0.2, 0) is 22.2 Å². The van der Waals surface area contributed by atoms with Crippen molar-refractivity contribution in [2.45, 2.75) is 33.1 Å². The second-order valence-electron chi connectivity index (χ2n) is 4.33. The maximum Gasteiger partial charge on any atom is 0.261 e. The van der Waals surface area contributed by atoms with E-state index in [1.807, 2.05) is 13.8 Å². The lowest BCUT2D eigenvalue weighted by Gasteiger charge is -2.38. The number of amides is 2. The maximum atomic E-state index is 12.1. The third-order valence-corrected chi connectivity index (χ3v) is 3.43. The lowest BCUT2D eigenvalue weighted by molar-refractivity contribution is -0.145. The molecule has 0 spiro atoms. The van der Waals surface area contributed by atoms with Crippen LogP contribution in [0.15, 0.2) is 17.6 Å². The van der Waals surface area contributed by atoms with E-state index in [0.717, 1.165) is 12.8 Å². The van der Waals surface area contributed by atoms with Crippen LogP contribution in [0.5, 0.6) is 0 Å². The molecular weight excluding hydrogens is 236 g/mol. The Labute approximate surface area is 107 Å². The second-order valence-corrected chi connectivity index (χ2v) is 4.72. The second kappa shape index (κ2) is 5.40. The van der Waals surface area contributed by atoms with Crippen LogP contribution >= 0.6 is 0 Å². The van der Waals surface area contributed by atoms with Gasteiger partial charge < -0.3 is 17.9 Å². The van der Waals surface area contributed by atoms with Gasteiger partial charge in [0.15, 0.2) is 0 Å². The quantitative estimate of drug-likeness (QED) is 0.459. The van der Waals surface area contributed by atoms with Crippen LogP contribution in [0.25, 0.3) is 0 Å². The smallest absolute Gasteiger partial charge is 0.261 e. The highest BCUT2D eigenvalue weighted by Crippen LogP contribution is 2.38. The largest absolute Gasteiger partial charge is 0.742 e. The zero-order valence-electron chi connectivity index (χ0n) is 10.2. The van der Waals surface area contributed by atoms with E-state index in [-0.39, 0.29) is 17.0 Å². The highest BCUT2D eigenvalue weighted by Gasteiger charge is 2.50. The van der Waals surface area contributed by atoms with Crippen molar-refractivity contribution >= 4 is 29.6 Å². The van der Waals surface area contributed by atoms with E-state index >= 15 is 0 Å². The highest BCUT2D eigenvalue weighted by atomic mass is 32.1. The SMILES string of the molecule is C=CCC1(C(C)CCC)C(=O)N=C([S-])NC1=O. The summed E-state index contributed by atoms with van der Waals surface area (Å²) < 4.78 is 0. The van der Waals surface area contributed by atoms with Gasteiger partial charge in [-0.2, -0.15) is 0 Å². The zero-order chi connectivity index (χ0) is 13.1. The Morgan fingerprint density at radius 3 is 2.71 bits per heavy atom. The average molecular weight is 253 g/mol. The Kier molecular flexibility index (Phi) is 4.40. The Bertz CT molecular complexity index is 379. The molecule has 0 fully saturated rings. The van der Waals surface area contributed by atoms with Crippen molar-refractivity contribution in [2.75, 3.05) is 0 Å². The van der Waals surface area contributed by atoms with E-state index in [1.54, 1.807) is 6.08 Å². The summed E-state index contributed by atoms with van der Waals surface area (Å²) in [4.78, 5) is 27.9. The predicted molar refractivity (Wildman–Crippen MR) is 69.3 cm³/mol. The molecule has 0 saturated carbocycles.